The zero-order chi connectivity index (χ0) is 26.0. The van der Waals surface area contributed by atoms with Gasteiger partial charge in [-0.2, -0.15) is 4.31 Å². The molecule has 0 bridgehead atoms. The molecule has 0 radical (unpaired) electrons. The number of para-hydroxylation sites is 1. The number of nitrogens with one attached hydrogen (secondary N) is 2. The molecule has 0 saturated heterocycles. The molecule has 1 aliphatic rings. The second-order valence-electron chi connectivity index (χ2n) is 9.34. The van der Waals surface area contributed by atoms with Crippen LogP contribution < -0.4 is 11.1 Å². The molecular weight excluding hydrogens is 480 g/mol. The van der Waals surface area contributed by atoms with Gasteiger partial charge in [0.15, 0.2) is 0 Å². The molecule has 3 atom stereocenters. The van der Waals surface area contributed by atoms with E-state index in [-0.39, 0.29) is 17.9 Å². The standard InChI is InChI=1S/C26H32N4O5S/c1-16-10-12-18(13-11-16)36(34,35)30-15-22-23(19-7-3-4-8-20(19)28-22)17(2)24(30)25(31)29-21(26(32)33)9-5-6-14-27/h3-4,7-8,10-13,17,21,24,28H,5-6,9,14-15,27H2,1-2H3,(H,29,31)(H,32,33). The van der Waals surface area contributed by atoms with E-state index in [1.165, 1.54) is 16.4 Å². The number of aromatic nitrogens is 1. The lowest BCUT2D eigenvalue weighted by Crippen LogP contribution is -2.56. The Kier molecular flexibility index (Phi) is 7.49. The highest BCUT2D eigenvalue weighted by atomic mass is 32.2. The number of hydrogen-bond donors (Lipinski definition) is 4. The van der Waals surface area contributed by atoms with Crippen molar-refractivity contribution in [1.29, 1.82) is 0 Å². The Morgan fingerprint density at radius 3 is 2.53 bits per heavy atom. The van der Waals surface area contributed by atoms with Crippen molar-refractivity contribution in [2.24, 2.45) is 5.73 Å². The Labute approximate surface area is 210 Å². The number of aromatic amines is 1. The number of hydrogen-bond acceptors (Lipinski definition) is 5. The van der Waals surface area contributed by atoms with E-state index in [0.717, 1.165) is 27.7 Å². The van der Waals surface area contributed by atoms with Gasteiger partial charge in [-0.3, -0.25) is 4.79 Å². The van der Waals surface area contributed by atoms with Gasteiger partial charge >= 0.3 is 5.97 Å². The van der Waals surface area contributed by atoms with E-state index in [0.29, 0.717) is 19.4 Å². The number of nitrogens with two attached hydrogens (primary N) is 1. The van der Waals surface area contributed by atoms with E-state index in [1.807, 2.05) is 38.1 Å². The summed E-state index contributed by atoms with van der Waals surface area (Å²) in [6, 6.07) is 11.8. The van der Waals surface area contributed by atoms with Crippen LogP contribution in [-0.2, 0) is 26.2 Å². The van der Waals surface area contributed by atoms with E-state index < -0.39 is 39.9 Å². The van der Waals surface area contributed by atoms with Crippen molar-refractivity contribution in [2.45, 2.75) is 62.6 Å². The number of H-pyrrole nitrogens is 1. The summed E-state index contributed by atoms with van der Waals surface area (Å²) in [5, 5.41) is 13.2. The van der Waals surface area contributed by atoms with Gasteiger partial charge in [0.2, 0.25) is 15.9 Å². The molecule has 4 rings (SSSR count). The topological polar surface area (TPSA) is 146 Å². The number of fused-ring (bicyclic) bond motifs is 3. The molecule has 36 heavy (non-hydrogen) atoms. The molecule has 0 saturated carbocycles. The Morgan fingerprint density at radius 2 is 1.86 bits per heavy atom. The van der Waals surface area contributed by atoms with Crippen LogP contribution in [0.1, 0.15) is 48.9 Å². The summed E-state index contributed by atoms with van der Waals surface area (Å²) in [5.41, 5.74) is 8.89. The highest BCUT2D eigenvalue weighted by Crippen LogP contribution is 2.40. The van der Waals surface area contributed by atoms with E-state index in [2.05, 4.69) is 10.3 Å². The number of unbranched alkanes of at least 4 members (excludes halogenated alkanes) is 1. The molecule has 0 fully saturated rings. The summed E-state index contributed by atoms with van der Waals surface area (Å²) < 4.78 is 28.8. The van der Waals surface area contributed by atoms with Crippen molar-refractivity contribution in [3.05, 3.63) is 65.4 Å². The van der Waals surface area contributed by atoms with Gasteiger partial charge in [0.05, 0.1) is 11.4 Å². The fourth-order valence-corrected chi connectivity index (χ4v) is 6.60. The van der Waals surface area contributed by atoms with Gasteiger partial charge < -0.3 is 21.1 Å². The van der Waals surface area contributed by atoms with Gasteiger partial charge in [-0.1, -0.05) is 42.8 Å². The number of sulfonamides is 1. The first-order chi connectivity index (χ1) is 17.1. The second-order valence-corrected chi connectivity index (χ2v) is 11.2. The lowest BCUT2D eigenvalue weighted by atomic mass is 9.87. The van der Waals surface area contributed by atoms with Gasteiger partial charge in [0, 0.05) is 22.5 Å². The predicted octanol–water partition coefficient (Wildman–Crippen LogP) is 2.85. The van der Waals surface area contributed by atoms with Crippen LogP contribution in [0.25, 0.3) is 10.9 Å². The molecule has 1 aromatic heterocycles. The zero-order valence-electron chi connectivity index (χ0n) is 20.4. The molecular formula is C26H32N4O5S. The Hall–Kier alpha value is -3.21. The maximum absolute atomic E-state index is 13.8. The number of aliphatic carboxylic acids is 1. The van der Waals surface area contributed by atoms with Crippen LogP contribution in [-0.4, -0.2) is 53.3 Å². The largest absolute Gasteiger partial charge is 0.480 e. The third-order valence-electron chi connectivity index (χ3n) is 6.84. The monoisotopic (exact) mass is 512 g/mol. The molecule has 9 nitrogen and oxygen atoms in total. The van der Waals surface area contributed by atoms with Crippen LogP contribution in [0.15, 0.2) is 53.4 Å². The Morgan fingerprint density at radius 1 is 1.17 bits per heavy atom. The Bertz CT molecular complexity index is 1370. The molecule has 5 N–H and O–H groups in total. The van der Waals surface area contributed by atoms with Crippen LogP contribution >= 0.6 is 0 Å². The van der Waals surface area contributed by atoms with Gasteiger partial charge in [0.1, 0.15) is 12.1 Å². The molecule has 192 valence electrons. The number of carboxylic acid groups (broad SMARTS) is 1. The number of carbonyl (C=O) groups is 2. The SMILES string of the molecule is Cc1ccc(S(=O)(=O)N2Cc3[nH]c4ccccc4c3C(C)C2C(=O)NC(CCCCN)C(=O)O)cc1. The van der Waals surface area contributed by atoms with Gasteiger partial charge in [-0.25, -0.2) is 13.2 Å². The molecule has 1 amide bonds. The minimum Gasteiger partial charge on any atom is -0.480 e. The maximum Gasteiger partial charge on any atom is 0.326 e. The molecule has 2 aromatic carbocycles. The van der Waals surface area contributed by atoms with E-state index in [4.69, 9.17) is 5.73 Å². The lowest BCUT2D eigenvalue weighted by molar-refractivity contribution is -0.142. The quantitative estimate of drug-likeness (QED) is 0.324. The smallest absolute Gasteiger partial charge is 0.326 e. The molecule has 0 aliphatic carbocycles. The molecule has 0 spiro atoms. The van der Waals surface area contributed by atoms with E-state index in [1.54, 1.807) is 12.1 Å². The maximum atomic E-state index is 13.8. The summed E-state index contributed by atoms with van der Waals surface area (Å²) in [7, 11) is -4.07. The number of benzene rings is 2. The summed E-state index contributed by atoms with van der Waals surface area (Å²) in [4.78, 5) is 28.9. The van der Waals surface area contributed by atoms with Crippen LogP contribution in [0.3, 0.4) is 0 Å². The van der Waals surface area contributed by atoms with E-state index in [9.17, 15) is 23.1 Å². The number of carboxylic acids is 1. The minimum atomic E-state index is -4.07. The predicted molar refractivity (Wildman–Crippen MR) is 137 cm³/mol. The van der Waals surface area contributed by atoms with Crippen LogP contribution in [0.5, 0.6) is 0 Å². The van der Waals surface area contributed by atoms with Crippen LogP contribution in [0.2, 0.25) is 0 Å². The second kappa shape index (κ2) is 10.4. The number of rotatable bonds is 9. The van der Waals surface area contributed by atoms with Gasteiger partial charge in [0.25, 0.3) is 0 Å². The van der Waals surface area contributed by atoms with Crippen molar-refractivity contribution < 1.29 is 23.1 Å². The van der Waals surface area contributed by atoms with Crippen molar-refractivity contribution in [2.75, 3.05) is 6.54 Å². The normalized spacial score (nSPS) is 19.1. The highest BCUT2D eigenvalue weighted by molar-refractivity contribution is 7.89. The summed E-state index contributed by atoms with van der Waals surface area (Å²) >= 11 is 0. The first-order valence-electron chi connectivity index (χ1n) is 12.1. The van der Waals surface area contributed by atoms with Crippen LogP contribution in [0, 0.1) is 6.92 Å². The fraction of sp³-hybridized carbons (Fsp3) is 0.385. The molecule has 3 unspecified atom stereocenters. The third-order valence-corrected chi connectivity index (χ3v) is 8.68. The minimum absolute atomic E-state index is 0.0342. The van der Waals surface area contributed by atoms with Crippen molar-refractivity contribution in [3.63, 3.8) is 0 Å². The fourth-order valence-electron chi connectivity index (χ4n) is 4.97. The summed E-state index contributed by atoms with van der Waals surface area (Å²) in [6.07, 6.45) is 1.38. The molecule has 2 heterocycles. The average Bonchev–Trinajstić information content (AvgIpc) is 3.22. The van der Waals surface area contributed by atoms with Crippen LogP contribution in [0.4, 0.5) is 0 Å². The number of carbonyl (C=O) groups excluding carboxylic acids is 1. The molecule has 10 heteroatoms. The van der Waals surface area contributed by atoms with Crippen molar-refractivity contribution in [1.82, 2.24) is 14.6 Å². The molecule has 3 aromatic rings. The zero-order valence-corrected chi connectivity index (χ0v) is 21.2. The Balaban J connectivity index is 1.76. The van der Waals surface area contributed by atoms with Gasteiger partial charge in [-0.15, -0.1) is 0 Å². The number of aryl methyl sites for hydroxylation is 1. The molecule has 1 aliphatic heterocycles. The first kappa shape index (κ1) is 25.9. The van der Waals surface area contributed by atoms with E-state index >= 15 is 0 Å². The average molecular weight is 513 g/mol. The van der Waals surface area contributed by atoms with Crippen molar-refractivity contribution in [3.8, 4) is 0 Å². The summed E-state index contributed by atoms with van der Waals surface area (Å²) in [5.74, 6) is -2.32. The lowest BCUT2D eigenvalue weighted by Gasteiger charge is -2.38. The highest BCUT2D eigenvalue weighted by Gasteiger charge is 2.45. The van der Waals surface area contributed by atoms with Gasteiger partial charge in [-0.05, 0) is 56.5 Å². The summed E-state index contributed by atoms with van der Waals surface area (Å²) in [6.45, 7) is 4.06. The number of nitrogens with zero attached hydrogens (tertiary/aromatic N) is 1. The van der Waals surface area contributed by atoms with Crippen molar-refractivity contribution >= 4 is 32.8 Å². The number of amides is 1. The first-order valence-corrected chi connectivity index (χ1v) is 13.5. The third kappa shape index (κ3) is 4.88.